The fourth-order valence-electron chi connectivity index (χ4n) is 3.57. The molecule has 0 radical (unpaired) electrons. The van der Waals surface area contributed by atoms with Crippen LogP contribution >= 0.6 is 0 Å². The number of phenols is 1. The molecule has 160 valence electrons. The monoisotopic (exact) mass is 420 g/mol. The van der Waals surface area contributed by atoms with Gasteiger partial charge in [0.25, 0.3) is 11.8 Å². The molecule has 1 N–H and O–H groups in total. The van der Waals surface area contributed by atoms with Gasteiger partial charge in [-0.2, -0.15) is 0 Å². The summed E-state index contributed by atoms with van der Waals surface area (Å²) in [5, 5.41) is 11.5. The zero-order valence-electron chi connectivity index (χ0n) is 17.1. The van der Waals surface area contributed by atoms with Crippen LogP contribution in [0, 0.1) is 0 Å². The summed E-state index contributed by atoms with van der Waals surface area (Å²) in [6.07, 6.45) is 0. The van der Waals surface area contributed by atoms with Gasteiger partial charge in [0, 0.05) is 37.6 Å². The number of carbonyl (C=O) groups is 2. The Bertz CT molecular complexity index is 1070. The minimum absolute atomic E-state index is 0.0391. The van der Waals surface area contributed by atoms with E-state index in [4.69, 9.17) is 9.47 Å². The number of fused-ring (bicyclic) bond motifs is 1. The average molecular weight is 420 g/mol. The van der Waals surface area contributed by atoms with Gasteiger partial charge in [-0.15, -0.1) is 0 Å². The van der Waals surface area contributed by atoms with Gasteiger partial charge in [0.15, 0.2) is 13.2 Å². The predicted octanol–water partition coefficient (Wildman–Crippen LogP) is 2.67. The lowest BCUT2D eigenvalue weighted by molar-refractivity contribution is -0.141. The van der Waals surface area contributed by atoms with E-state index in [-0.39, 0.29) is 30.8 Å². The van der Waals surface area contributed by atoms with Crippen molar-refractivity contribution in [3.8, 4) is 17.2 Å². The fourth-order valence-corrected chi connectivity index (χ4v) is 3.57. The van der Waals surface area contributed by atoms with Gasteiger partial charge in [-0.1, -0.05) is 42.5 Å². The van der Waals surface area contributed by atoms with E-state index >= 15 is 0 Å². The van der Waals surface area contributed by atoms with Crippen molar-refractivity contribution in [2.75, 3.05) is 39.4 Å². The summed E-state index contributed by atoms with van der Waals surface area (Å²) in [7, 11) is 0. The Morgan fingerprint density at radius 3 is 2.10 bits per heavy atom. The molecule has 3 aromatic rings. The lowest BCUT2D eigenvalue weighted by Crippen LogP contribution is -2.52. The number of hydrogen-bond acceptors (Lipinski definition) is 5. The quantitative estimate of drug-likeness (QED) is 0.663. The van der Waals surface area contributed by atoms with E-state index < -0.39 is 0 Å². The molecule has 4 rings (SSSR count). The number of carbonyl (C=O) groups excluding carboxylic acids is 2. The highest BCUT2D eigenvalue weighted by Crippen LogP contribution is 2.25. The van der Waals surface area contributed by atoms with Gasteiger partial charge in [-0.25, -0.2) is 0 Å². The molecule has 1 heterocycles. The Morgan fingerprint density at radius 2 is 1.39 bits per heavy atom. The number of hydrogen-bond donors (Lipinski definition) is 1. The molecule has 2 amide bonds. The summed E-state index contributed by atoms with van der Waals surface area (Å²) in [6, 6.07) is 20.0. The number of piperazine rings is 1. The molecule has 1 saturated heterocycles. The van der Waals surface area contributed by atoms with E-state index in [2.05, 4.69) is 0 Å². The summed E-state index contributed by atoms with van der Waals surface area (Å²) in [4.78, 5) is 28.3. The van der Waals surface area contributed by atoms with Crippen LogP contribution < -0.4 is 9.47 Å². The van der Waals surface area contributed by atoms with Crippen molar-refractivity contribution in [1.29, 1.82) is 0 Å². The highest BCUT2D eigenvalue weighted by atomic mass is 16.5. The van der Waals surface area contributed by atoms with Gasteiger partial charge in [0.2, 0.25) is 0 Å². The van der Waals surface area contributed by atoms with Crippen molar-refractivity contribution in [1.82, 2.24) is 9.80 Å². The lowest BCUT2D eigenvalue weighted by atomic mass is 10.1. The Labute approximate surface area is 180 Å². The van der Waals surface area contributed by atoms with Crippen molar-refractivity contribution >= 4 is 22.6 Å². The van der Waals surface area contributed by atoms with Crippen LogP contribution in [0.2, 0.25) is 0 Å². The summed E-state index contributed by atoms with van der Waals surface area (Å²) in [5.74, 6) is 0.957. The maximum absolute atomic E-state index is 12.6. The maximum atomic E-state index is 12.6. The summed E-state index contributed by atoms with van der Waals surface area (Å²) in [6.45, 7) is 1.65. The van der Waals surface area contributed by atoms with Gasteiger partial charge in [0.1, 0.15) is 17.2 Å². The van der Waals surface area contributed by atoms with Crippen LogP contribution in [0.15, 0.2) is 66.7 Å². The van der Waals surface area contributed by atoms with E-state index in [9.17, 15) is 14.7 Å². The van der Waals surface area contributed by atoms with Crippen LogP contribution in [0.25, 0.3) is 10.8 Å². The minimum atomic E-state index is -0.151. The zero-order valence-corrected chi connectivity index (χ0v) is 17.1. The summed E-state index contributed by atoms with van der Waals surface area (Å²) in [5.41, 5.74) is 0. The average Bonchev–Trinajstić information content (AvgIpc) is 2.81. The molecule has 31 heavy (non-hydrogen) atoms. The van der Waals surface area contributed by atoms with E-state index in [0.717, 1.165) is 10.8 Å². The molecule has 1 aliphatic heterocycles. The van der Waals surface area contributed by atoms with Crippen LogP contribution in [0.3, 0.4) is 0 Å². The Morgan fingerprint density at radius 1 is 0.774 bits per heavy atom. The number of amides is 2. The molecule has 7 nitrogen and oxygen atoms in total. The Balaban J connectivity index is 1.24. The smallest absolute Gasteiger partial charge is 0.260 e. The molecule has 7 heteroatoms. The second-order valence-electron chi connectivity index (χ2n) is 7.31. The number of benzene rings is 3. The number of ether oxygens (including phenoxy) is 2. The normalized spacial score (nSPS) is 13.8. The van der Waals surface area contributed by atoms with Crippen LogP contribution in [0.4, 0.5) is 0 Å². The first-order valence-corrected chi connectivity index (χ1v) is 10.2. The molecule has 0 spiro atoms. The molecule has 0 bridgehead atoms. The molecule has 1 fully saturated rings. The number of rotatable bonds is 6. The second-order valence-corrected chi connectivity index (χ2v) is 7.31. The molecule has 1 aliphatic rings. The van der Waals surface area contributed by atoms with Crippen LogP contribution in [-0.4, -0.2) is 66.1 Å². The van der Waals surface area contributed by atoms with E-state index in [1.165, 1.54) is 12.1 Å². The molecule has 0 aromatic heterocycles. The van der Waals surface area contributed by atoms with Crippen molar-refractivity contribution in [3.05, 3.63) is 66.7 Å². The topological polar surface area (TPSA) is 79.3 Å². The second kappa shape index (κ2) is 9.38. The highest BCUT2D eigenvalue weighted by molar-refractivity contribution is 5.88. The third kappa shape index (κ3) is 5.06. The lowest BCUT2D eigenvalue weighted by Gasteiger charge is -2.34. The first-order chi connectivity index (χ1) is 15.1. The zero-order chi connectivity index (χ0) is 21.6. The van der Waals surface area contributed by atoms with Gasteiger partial charge < -0.3 is 24.4 Å². The largest absolute Gasteiger partial charge is 0.508 e. The first-order valence-electron chi connectivity index (χ1n) is 10.2. The molecule has 0 atom stereocenters. The van der Waals surface area contributed by atoms with Crippen molar-refractivity contribution < 1.29 is 24.2 Å². The summed E-state index contributed by atoms with van der Waals surface area (Å²) >= 11 is 0. The van der Waals surface area contributed by atoms with Crippen LogP contribution in [-0.2, 0) is 9.59 Å². The van der Waals surface area contributed by atoms with E-state index in [1.54, 1.807) is 21.9 Å². The Kier molecular flexibility index (Phi) is 6.21. The molecule has 0 saturated carbocycles. The summed E-state index contributed by atoms with van der Waals surface area (Å²) < 4.78 is 11.2. The van der Waals surface area contributed by atoms with Gasteiger partial charge >= 0.3 is 0 Å². The molecule has 0 unspecified atom stereocenters. The van der Waals surface area contributed by atoms with Crippen molar-refractivity contribution in [3.63, 3.8) is 0 Å². The van der Waals surface area contributed by atoms with Gasteiger partial charge in [0.05, 0.1) is 0 Å². The van der Waals surface area contributed by atoms with E-state index in [1.807, 2.05) is 42.5 Å². The van der Waals surface area contributed by atoms with Crippen molar-refractivity contribution in [2.45, 2.75) is 0 Å². The third-order valence-electron chi connectivity index (χ3n) is 5.27. The minimum Gasteiger partial charge on any atom is -0.508 e. The predicted molar refractivity (Wildman–Crippen MR) is 116 cm³/mol. The highest BCUT2D eigenvalue weighted by Gasteiger charge is 2.24. The van der Waals surface area contributed by atoms with Crippen molar-refractivity contribution in [2.24, 2.45) is 0 Å². The third-order valence-corrected chi connectivity index (χ3v) is 5.27. The van der Waals surface area contributed by atoms with E-state index in [0.29, 0.717) is 37.7 Å². The van der Waals surface area contributed by atoms with Gasteiger partial charge in [-0.3, -0.25) is 9.59 Å². The standard InChI is InChI=1S/C24H24N2O5/c27-19-7-4-8-20(15-19)30-16-23(28)25-11-13-26(14-12-25)24(29)17-31-22-10-3-6-18-5-1-2-9-21(18)22/h1-10,15,27H,11-14,16-17H2. The number of phenolic OH excluding ortho intramolecular Hbond substituents is 1. The number of nitrogens with zero attached hydrogens (tertiary/aromatic N) is 2. The fraction of sp³-hybridized carbons (Fsp3) is 0.250. The number of aromatic hydroxyl groups is 1. The van der Waals surface area contributed by atoms with Crippen LogP contribution in [0.1, 0.15) is 0 Å². The van der Waals surface area contributed by atoms with Gasteiger partial charge in [-0.05, 0) is 23.6 Å². The molecule has 3 aromatic carbocycles. The molecule has 0 aliphatic carbocycles. The Hall–Kier alpha value is -3.74. The SMILES string of the molecule is O=C(COc1cccc(O)c1)N1CCN(C(=O)COc2cccc3ccccc23)CC1. The maximum Gasteiger partial charge on any atom is 0.260 e. The van der Waals surface area contributed by atoms with Crippen LogP contribution in [0.5, 0.6) is 17.2 Å². The molecular weight excluding hydrogens is 396 g/mol. The molecular formula is C24H24N2O5. The first kappa shape index (κ1) is 20.5.